The van der Waals surface area contributed by atoms with Crippen LogP contribution in [0.4, 0.5) is 0 Å². The summed E-state index contributed by atoms with van der Waals surface area (Å²) in [5, 5.41) is 0. The highest BCUT2D eigenvalue weighted by Gasteiger charge is 2.21. The van der Waals surface area contributed by atoms with Crippen LogP contribution in [0.15, 0.2) is 0 Å². The van der Waals surface area contributed by atoms with Crippen molar-refractivity contribution in [3.63, 3.8) is 0 Å². The van der Waals surface area contributed by atoms with Crippen LogP contribution in [0.1, 0.15) is 13.8 Å². The third-order valence-electron chi connectivity index (χ3n) is 2.22. The largest absolute Gasteiger partial charge is 0.298 e. The van der Waals surface area contributed by atoms with E-state index in [9.17, 15) is 4.21 Å². The SMILES string of the molecule is CC(C)N1CCN(S(=O)O)CC1. The van der Waals surface area contributed by atoms with Crippen LogP contribution in [-0.4, -0.2) is 50.2 Å². The fraction of sp³-hybridized carbons (Fsp3) is 1.00. The molecule has 12 heavy (non-hydrogen) atoms. The Balaban J connectivity index is 2.34. The first-order chi connectivity index (χ1) is 5.61. The molecular weight excluding hydrogens is 176 g/mol. The van der Waals surface area contributed by atoms with Gasteiger partial charge in [-0.25, -0.2) is 4.21 Å². The zero-order valence-electron chi connectivity index (χ0n) is 7.56. The molecule has 0 aromatic carbocycles. The molecule has 1 N–H and O–H groups in total. The van der Waals surface area contributed by atoms with E-state index in [1.807, 2.05) is 0 Å². The quantitative estimate of drug-likeness (QED) is 0.633. The van der Waals surface area contributed by atoms with Crippen molar-refractivity contribution in [2.75, 3.05) is 26.2 Å². The first-order valence-corrected chi connectivity index (χ1v) is 5.27. The summed E-state index contributed by atoms with van der Waals surface area (Å²) in [6.45, 7) is 7.47. The van der Waals surface area contributed by atoms with Crippen molar-refractivity contribution in [1.29, 1.82) is 0 Å². The lowest BCUT2D eigenvalue weighted by molar-refractivity contribution is 0.153. The minimum Gasteiger partial charge on any atom is -0.298 e. The Hall–Kier alpha value is 0.0300. The van der Waals surface area contributed by atoms with Crippen LogP contribution in [0, 0.1) is 0 Å². The van der Waals surface area contributed by atoms with E-state index in [1.54, 1.807) is 4.31 Å². The van der Waals surface area contributed by atoms with Gasteiger partial charge in [0.25, 0.3) is 0 Å². The normalized spacial score (nSPS) is 24.7. The minimum atomic E-state index is -1.77. The molecule has 4 nitrogen and oxygen atoms in total. The molecule has 1 rings (SSSR count). The van der Waals surface area contributed by atoms with Gasteiger partial charge in [-0.3, -0.25) is 9.45 Å². The van der Waals surface area contributed by atoms with Crippen molar-refractivity contribution < 1.29 is 8.76 Å². The second kappa shape index (κ2) is 4.32. The Bertz CT molecular complexity index is 167. The second-order valence-electron chi connectivity index (χ2n) is 3.29. The van der Waals surface area contributed by atoms with Crippen molar-refractivity contribution in [2.45, 2.75) is 19.9 Å². The minimum absolute atomic E-state index is 0.541. The van der Waals surface area contributed by atoms with E-state index in [2.05, 4.69) is 18.7 Å². The molecule has 0 aromatic heterocycles. The number of piperazine rings is 1. The lowest BCUT2D eigenvalue weighted by atomic mass is 10.3. The topological polar surface area (TPSA) is 43.8 Å². The molecule has 0 aliphatic carbocycles. The van der Waals surface area contributed by atoms with Gasteiger partial charge in [0.15, 0.2) is 0 Å². The summed E-state index contributed by atoms with van der Waals surface area (Å²) in [4.78, 5) is 2.31. The van der Waals surface area contributed by atoms with Crippen molar-refractivity contribution in [1.82, 2.24) is 9.21 Å². The monoisotopic (exact) mass is 192 g/mol. The van der Waals surface area contributed by atoms with Gasteiger partial charge in [-0.2, -0.15) is 4.31 Å². The number of hydrogen-bond acceptors (Lipinski definition) is 2. The fourth-order valence-corrected chi connectivity index (χ4v) is 1.85. The molecule has 1 heterocycles. The fourth-order valence-electron chi connectivity index (χ4n) is 1.38. The predicted octanol–water partition coefficient (Wildman–Crippen LogP) is 0.149. The molecule has 1 aliphatic heterocycles. The summed E-state index contributed by atoms with van der Waals surface area (Å²) in [7, 11) is 0. The maximum atomic E-state index is 10.6. The van der Waals surface area contributed by atoms with E-state index in [1.165, 1.54) is 0 Å². The summed E-state index contributed by atoms with van der Waals surface area (Å²) in [5.74, 6) is 0. The van der Waals surface area contributed by atoms with Gasteiger partial charge < -0.3 is 0 Å². The van der Waals surface area contributed by atoms with Crippen LogP contribution in [0.5, 0.6) is 0 Å². The number of hydrogen-bond donors (Lipinski definition) is 1. The highest BCUT2D eigenvalue weighted by Crippen LogP contribution is 2.06. The maximum absolute atomic E-state index is 10.6. The first-order valence-electron chi connectivity index (χ1n) is 4.21. The molecule has 0 radical (unpaired) electrons. The summed E-state index contributed by atoms with van der Waals surface area (Å²) in [5.41, 5.74) is 0. The lowest BCUT2D eigenvalue weighted by Gasteiger charge is -2.34. The van der Waals surface area contributed by atoms with Crippen molar-refractivity contribution in [3.05, 3.63) is 0 Å². The highest BCUT2D eigenvalue weighted by atomic mass is 32.2. The molecular formula is C7H16N2O2S. The third kappa shape index (κ3) is 2.52. The molecule has 72 valence electrons. The van der Waals surface area contributed by atoms with Gasteiger partial charge in [-0.15, -0.1) is 0 Å². The molecule has 1 saturated heterocycles. The zero-order chi connectivity index (χ0) is 9.14. The van der Waals surface area contributed by atoms with Crippen LogP contribution in [-0.2, 0) is 11.3 Å². The Kier molecular flexibility index (Phi) is 3.64. The van der Waals surface area contributed by atoms with E-state index in [0.29, 0.717) is 19.1 Å². The smallest absolute Gasteiger partial charge is 0.234 e. The van der Waals surface area contributed by atoms with Gasteiger partial charge in [-0.05, 0) is 13.8 Å². The lowest BCUT2D eigenvalue weighted by Crippen LogP contribution is -2.49. The van der Waals surface area contributed by atoms with Gasteiger partial charge >= 0.3 is 0 Å². The molecule has 0 spiro atoms. The number of nitrogens with zero attached hydrogens (tertiary/aromatic N) is 2. The van der Waals surface area contributed by atoms with Crippen LogP contribution >= 0.6 is 0 Å². The Morgan fingerprint density at radius 2 is 1.75 bits per heavy atom. The van der Waals surface area contributed by atoms with Crippen LogP contribution in [0.2, 0.25) is 0 Å². The van der Waals surface area contributed by atoms with E-state index in [4.69, 9.17) is 4.55 Å². The average Bonchev–Trinajstić information content (AvgIpc) is 2.04. The zero-order valence-corrected chi connectivity index (χ0v) is 8.38. The molecule has 5 heteroatoms. The van der Waals surface area contributed by atoms with E-state index >= 15 is 0 Å². The summed E-state index contributed by atoms with van der Waals surface area (Å²) >= 11 is -1.77. The average molecular weight is 192 g/mol. The predicted molar refractivity (Wildman–Crippen MR) is 49.1 cm³/mol. The van der Waals surface area contributed by atoms with Gasteiger partial charge in [-0.1, -0.05) is 0 Å². The second-order valence-corrected chi connectivity index (χ2v) is 4.27. The van der Waals surface area contributed by atoms with Gasteiger partial charge in [0.05, 0.1) is 0 Å². The van der Waals surface area contributed by atoms with Crippen LogP contribution in [0.25, 0.3) is 0 Å². The summed E-state index contributed by atoms with van der Waals surface area (Å²) < 4.78 is 21.0. The highest BCUT2D eigenvalue weighted by molar-refractivity contribution is 7.76. The molecule has 0 bridgehead atoms. The summed E-state index contributed by atoms with van der Waals surface area (Å²) in [6, 6.07) is 0.541. The molecule has 1 aliphatic rings. The Morgan fingerprint density at radius 3 is 2.08 bits per heavy atom. The van der Waals surface area contributed by atoms with E-state index in [0.717, 1.165) is 13.1 Å². The van der Waals surface area contributed by atoms with Crippen molar-refractivity contribution in [2.24, 2.45) is 0 Å². The summed E-state index contributed by atoms with van der Waals surface area (Å²) in [6.07, 6.45) is 0. The van der Waals surface area contributed by atoms with E-state index in [-0.39, 0.29) is 0 Å². The van der Waals surface area contributed by atoms with Crippen LogP contribution in [0.3, 0.4) is 0 Å². The standard InChI is InChI=1S/C7H16N2O2S/c1-7(2)8-3-5-9(6-4-8)12(10)11/h7H,3-6H2,1-2H3,(H,10,11). The van der Waals surface area contributed by atoms with Gasteiger partial charge in [0, 0.05) is 32.2 Å². The van der Waals surface area contributed by atoms with Gasteiger partial charge in [0.1, 0.15) is 0 Å². The van der Waals surface area contributed by atoms with Gasteiger partial charge in [0.2, 0.25) is 11.3 Å². The maximum Gasteiger partial charge on any atom is 0.234 e. The first kappa shape index (κ1) is 10.1. The molecule has 1 unspecified atom stereocenters. The Morgan fingerprint density at radius 1 is 1.25 bits per heavy atom. The van der Waals surface area contributed by atoms with Crippen molar-refractivity contribution in [3.8, 4) is 0 Å². The Labute approximate surface area is 76.0 Å². The number of rotatable bonds is 2. The molecule has 0 aromatic rings. The molecule has 1 atom stereocenters. The molecule has 0 amide bonds. The molecule has 1 fully saturated rings. The third-order valence-corrected chi connectivity index (χ3v) is 3.03. The molecule has 0 saturated carbocycles. The van der Waals surface area contributed by atoms with E-state index < -0.39 is 11.3 Å². The van der Waals surface area contributed by atoms with Crippen molar-refractivity contribution >= 4 is 11.3 Å². The van der Waals surface area contributed by atoms with Crippen LogP contribution < -0.4 is 0 Å².